The topological polar surface area (TPSA) is 52.0 Å². The van der Waals surface area contributed by atoms with Gasteiger partial charge in [-0.05, 0) is 12.8 Å². The summed E-state index contributed by atoms with van der Waals surface area (Å²) in [6.07, 6.45) is 6.32. The van der Waals surface area contributed by atoms with Crippen LogP contribution in [-0.4, -0.2) is 5.16 Å². The van der Waals surface area contributed by atoms with E-state index in [1.807, 2.05) is 6.07 Å². The molecule has 2 rings (SSSR count). The van der Waals surface area contributed by atoms with Gasteiger partial charge in [-0.1, -0.05) is 31.3 Å². The summed E-state index contributed by atoms with van der Waals surface area (Å²) in [7, 11) is 0. The van der Waals surface area contributed by atoms with Crippen LogP contribution in [0, 0.1) is 0 Å². The first-order chi connectivity index (χ1) is 6.21. The van der Waals surface area contributed by atoms with E-state index < -0.39 is 0 Å². The number of hydrogen-bond donors (Lipinski definition) is 1. The lowest BCUT2D eigenvalue weighted by molar-refractivity contribution is 0.241. The van der Waals surface area contributed by atoms with Crippen LogP contribution in [0.15, 0.2) is 10.6 Å². The van der Waals surface area contributed by atoms with E-state index in [2.05, 4.69) is 12.1 Å². The van der Waals surface area contributed by atoms with E-state index in [4.69, 9.17) is 10.3 Å². The Kier molecular flexibility index (Phi) is 2.02. The number of nitrogens with zero attached hydrogens (tertiary/aromatic N) is 1. The molecule has 0 atom stereocenters. The van der Waals surface area contributed by atoms with Crippen molar-refractivity contribution >= 4 is 5.82 Å². The maximum Gasteiger partial charge on any atom is 0.167 e. The highest BCUT2D eigenvalue weighted by Gasteiger charge is 2.32. The van der Waals surface area contributed by atoms with Crippen molar-refractivity contribution in [1.29, 1.82) is 0 Å². The number of nitrogens with two attached hydrogens (primary N) is 1. The molecule has 1 aromatic rings. The summed E-state index contributed by atoms with van der Waals surface area (Å²) in [5.74, 6) is 1.46. The molecule has 0 aliphatic heterocycles. The fourth-order valence-corrected chi connectivity index (χ4v) is 2.15. The van der Waals surface area contributed by atoms with E-state index in [1.54, 1.807) is 0 Å². The standard InChI is InChI=1S/C10H16N2O/c1-10(5-3-2-4-6-10)8-7-9(11)12-13-8/h7H,2-6H2,1H3,(H2,11,12). The van der Waals surface area contributed by atoms with Gasteiger partial charge in [-0.3, -0.25) is 0 Å². The maximum atomic E-state index is 5.54. The molecule has 1 aromatic heterocycles. The third kappa shape index (κ3) is 1.55. The zero-order chi connectivity index (χ0) is 9.31. The van der Waals surface area contributed by atoms with Gasteiger partial charge in [-0.2, -0.15) is 0 Å². The summed E-state index contributed by atoms with van der Waals surface area (Å²) in [5, 5.41) is 3.74. The third-order valence-corrected chi connectivity index (χ3v) is 3.08. The summed E-state index contributed by atoms with van der Waals surface area (Å²) < 4.78 is 5.23. The van der Waals surface area contributed by atoms with Gasteiger partial charge < -0.3 is 10.3 Å². The average Bonchev–Trinajstić information content (AvgIpc) is 2.54. The zero-order valence-electron chi connectivity index (χ0n) is 8.05. The van der Waals surface area contributed by atoms with Gasteiger partial charge in [0.25, 0.3) is 0 Å². The summed E-state index contributed by atoms with van der Waals surface area (Å²) >= 11 is 0. The summed E-state index contributed by atoms with van der Waals surface area (Å²) in [4.78, 5) is 0. The van der Waals surface area contributed by atoms with Crippen molar-refractivity contribution in [3.8, 4) is 0 Å². The first-order valence-corrected chi connectivity index (χ1v) is 4.93. The van der Waals surface area contributed by atoms with E-state index in [-0.39, 0.29) is 5.41 Å². The van der Waals surface area contributed by atoms with Crippen molar-refractivity contribution in [2.75, 3.05) is 5.73 Å². The lowest BCUT2D eigenvalue weighted by atomic mass is 9.74. The van der Waals surface area contributed by atoms with Gasteiger partial charge in [-0.15, -0.1) is 0 Å². The highest BCUT2D eigenvalue weighted by atomic mass is 16.5. The molecule has 0 spiro atoms. The molecule has 13 heavy (non-hydrogen) atoms. The lowest BCUT2D eigenvalue weighted by Crippen LogP contribution is -2.24. The summed E-state index contributed by atoms with van der Waals surface area (Å²) in [5.41, 5.74) is 5.72. The smallest absolute Gasteiger partial charge is 0.167 e. The van der Waals surface area contributed by atoms with Gasteiger partial charge in [0.05, 0.1) is 0 Å². The van der Waals surface area contributed by atoms with E-state index >= 15 is 0 Å². The minimum atomic E-state index is 0.183. The first kappa shape index (κ1) is 8.60. The number of hydrogen-bond acceptors (Lipinski definition) is 3. The minimum absolute atomic E-state index is 0.183. The number of rotatable bonds is 1. The number of aromatic nitrogens is 1. The molecule has 3 nitrogen and oxygen atoms in total. The molecular formula is C10H16N2O. The second-order valence-corrected chi connectivity index (χ2v) is 4.24. The zero-order valence-corrected chi connectivity index (χ0v) is 8.05. The Bertz CT molecular complexity index is 287. The van der Waals surface area contributed by atoms with E-state index in [9.17, 15) is 0 Å². The second kappa shape index (κ2) is 3.05. The molecule has 0 radical (unpaired) electrons. The molecule has 0 saturated heterocycles. The number of nitrogen functional groups attached to an aromatic ring is 1. The minimum Gasteiger partial charge on any atom is -0.381 e. The van der Waals surface area contributed by atoms with Gasteiger partial charge in [-0.25, -0.2) is 0 Å². The van der Waals surface area contributed by atoms with Gasteiger partial charge >= 0.3 is 0 Å². The Balaban J connectivity index is 2.22. The fraction of sp³-hybridized carbons (Fsp3) is 0.700. The normalized spacial score (nSPS) is 21.6. The van der Waals surface area contributed by atoms with Crippen LogP contribution in [0.3, 0.4) is 0 Å². The highest BCUT2D eigenvalue weighted by Crippen LogP contribution is 2.39. The third-order valence-electron chi connectivity index (χ3n) is 3.08. The van der Waals surface area contributed by atoms with Gasteiger partial charge in [0.1, 0.15) is 5.76 Å². The van der Waals surface area contributed by atoms with E-state index in [0.717, 1.165) is 5.76 Å². The largest absolute Gasteiger partial charge is 0.381 e. The Morgan fingerprint density at radius 1 is 1.38 bits per heavy atom. The molecule has 72 valence electrons. The highest BCUT2D eigenvalue weighted by molar-refractivity contribution is 5.30. The fourth-order valence-electron chi connectivity index (χ4n) is 2.15. The van der Waals surface area contributed by atoms with E-state index in [0.29, 0.717) is 5.82 Å². The van der Waals surface area contributed by atoms with Crippen LogP contribution in [0.2, 0.25) is 0 Å². The second-order valence-electron chi connectivity index (χ2n) is 4.24. The van der Waals surface area contributed by atoms with Crippen LogP contribution < -0.4 is 5.73 Å². The predicted molar refractivity (Wildman–Crippen MR) is 51.4 cm³/mol. The van der Waals surface area contributed by atoms with Crippen LogP contribution in [0.4, 0.5) is 5.82 Å². The van der Waals surface area contributed by atoms with Crippen molar-refractivity contribution in [3.05, 3.63) is 11.8 Å². The molecular weight excluding hydrogens is 164 g/mol. The van der Waals surface area contributed by atoms with Crippen LogP contribution in [0.1, 0.15) is 44.8 Å². The molecule has 1 fully saturated rings. The van der Waals surface area contributed by atoms with Gasteiger partial charge in [0.2, 0.25) is 0 Å². The van der Waals surface area contributed by atoms with Crippen molar-refractivity contribution < 1.29 is 4.52 Å². The van der Waals surface area contributed by atoms with Crippen LogP contribution >= 0.6 is 0 Å². The van der Waals surface area contributed by atoms with Crippen molar-refractivity contribution in [2.45, 2.75) is 44.4 Å². The quantitative estimate of drug-likeness (QED) is 0.722. The molecule has 0 bridgehead atoms. The molecule has 3 heteroatoms. The average molecular weight is 180 g/mol. The lowest BCUT2D eigenvalue weighted by Gasteiger charge is -2.30. The molecule has 0 aromatic carbocycles. The van der Waals surface area contributed by atoms with Crippen LogP contribution in [-0.2, 0) is 5.41 Å². The predicted octanol–water partition coefficient (Wildman–Crippen LogP) is 2.48. The Hall–Kier alpha value is -0.990. The number of anilines is 1. The summed E-state index contributed by atoms with van der Waals surface area (Å²) in [6.45, 7) is 2.24. The van der Waals surface area contributed by atoms with Crippen LogP contribution in [0.5, 0.6) is 0 Å². The maximum absolute atomic E-state index is 5.54. The van der Waals surface area contributed by atoms with Crippen molar-refractivity contribution in [2.24, 2.45) is 0 Å². The Morgan fingerprint density at radius 2 is 2.08 bits per heavy atom. The van der Waals surface area contributed by atoms with Crippen LogP contribution in [0.25, 0.3) is 0 Å². The molecule has 1 aliphatic carbocycles. The van der Waals surface area contributed by atoms with E-state index in [1.165, 1.54) is 32.1 Å². The summed E-state index contributed by atoms with van der Waals surface area (Å²) in [6, 6.07) is 1.87. The molecule has 0 amide bonds. The SMILES string of the molecule is CC1(c2cc(N)no2)CCCCC1. The van der Waals surface area contributed by atoms with Crippen molar-refractivity contribution in [1.82, 2.24) is 5.16 Å². The molecule has 1 aliphatic rings. The molecule has 2 N–H and O–H groups in total. The van der Waals surface area contributed by atoms with Gasteiger partial charge in [0, 0.05) is 11.5 Å². The molecule has 0 unspecified atom stereocenters. The van der Waals surface area contributed by atoms with Gasteiger partial charge in [0.15, 0.2) is 5.82 Å². The molecule has 1 saturated carbocycles. The first-order valence-electron chi connectivity index (χ1n) is 4.93. The Labute approximate surface area is 78.3 Å². The van der Waals surface area contributed by atoms with Crippen molar-refractivity contribution in [3.63, 3.8) is 0 Å². The monoisotopic (exact) mass is 180 g/mol. The Morgan fingerprint density at radius 3 is 2.62 bits per heavy atom. The molecule has 1 heterocycles.